The topological polar surface area (TPSA) is 63.1 Å². The van der Waals surface area contributed by atoms with Crippen LogP contribution in [0, 0.1) is 11.8 Å². The molecule has 0 aromatic carbocycles. The van der Waals surface area contributed by atoms with Crippen LogP contribution in [0.15, 0.2) is 29.8 Å². The van der Waals surface area contributed by atoms with Crippen LogP contribution in [0.1, 0.15) is 30.2 Å². The van der Waals surface area contributed by atoms with Crippen molar-refractivity contribution in [2.45, 2.75) is 19.9 Å². The van der Waals surface area contributed by atoms with E-state index < -0.39 is 0 Å². The number of fused-ring (bicyclic) bond motifs is 2. The molecule has 156 valence electrons. The highest BCUT2D eigenvalue weighted by Crippen LogP contribution is 2.32. The molecular weight excluding hydrogens is 429 g/mol. The number of aromatic nitrogens is 3. The van der Waals surface area contributed by atoms with Crippen LogP contribution in [-0.2, 0) is 0 Å². The van der Waals surface area contributed by atoms with Crippen molar-refractivity contribution in [3.05, 3.63) is 35.3 Å². The van der Waals surface area contributed by atoms with Crippen LogP contribution in [0.4, 0.5) is 0 Å². The quantitative estimate of drug-likeness (QED) is 0.653. The summed E-state index contributed by atoms with van der Waals surface area (Å²) in [4.78, 5) is 21.4. The average Bonchev–Trinajstić information content (AvgIpc) is 3.42. The zero-order chi connectivity index (χ0) is 18.5. The maximum Gasteiger partial charge on any atom is 0.254 e. The molecule has 5 rings (SSSR count). The molecule has 0 saturated carbocycles. The lowest BCUT2D eigenvalue weighted by molar-refractivity contribution is 0.0783. The van der Waals surface area contributed by atoms with Gasteiger partial charge in [-0.3, -0.25) is 4.79 Å². The molecule has 0 bridgehead atoms. The first-order valence-corrected chi connectivity index (χ1v) is 10.4. The molecule has 0 aliphatic carbocycles. The molecule has 5 heterocycles. The van der Waals surface area contributed by atoms with Gasteiger partial charge in [0, 0.05) is 32.2 Å². The van der Waals surface area contributed by atoms with E-state index in [4.69, 9.17) is 4.98 Å². The molecule has 29 heavy (non-hydrogen) atoms. The Morgan fingerprint density at radius 3 is 2.59 bits per heavy atom. The molecule has 9 heteroatoms. The molecule has 0 unspecified atom stereocenters. The summed E-state index contributed by atoms with van der Waals surface area (Å²) < 4.78 is 1.91. The van der Waals surface area contributed by atoms with Crippen LogP contribution in [0.2, 0.25) is 0 Å². The Bertz CT molecular complexity index is 992. The van der Waals surface area contributed by atoms with Gasteiger partial charge in [0.05, 0.1) is 27.7 Å². The van der Waals surface area contributed by atoms with E-state index in [2.05, 4.69) is 30.3 Å². The second-order valence-corrected chi connectivity index (χ2v) is 8.79. The average molecular weight is 454 g/mol. The number of likely N-dealkylation sites (tertiary alicyclic amines) is 1. The first-order valence-electron chi connectivity index (χ1n) is 9.54. The van der Waals surface area contributed by atoms with E-state index in [0.717, 1.165) is 53.3 Å². The van der Waals surface area contributed by atoms with E-state index in [1.807, 2.05) is 27.1 Å². The van der Waals surface area contributed by atoms with Gasteiger partial charge in [-0.2, -0.15) is 5.10 Å². The van der Waals surface area contributed by atoms with Crippen molar-refractivity contribution in [2.75, 3.05) is 26.2 Å². The molecule has 3 aromatic heterocycles. The molecule has 2 aliphatic heterocycles. The van der Waals surface area contributed by atoms with Crippen molar-refractivity contribution >= 4 is 53.1 Å². The summed E-state index contributed by atoms with van der Waals surface area (Å²) in [5, 5.41) is 10.8. The Balaban J connectivity index is 0.00000120. The molecule has 0 spiro atoms. The zero-order valence-corrected chi connectivity index (χ0v) is 18.8. The fraction of sp³-hybridized carbons (Fsp3) is 0.450. The number of thiophene rings is 1. The summed E-state index contributed by atoms with van der Waals surface area (Å²) >= 11 is 1.64. The third-order valence-electron chi connectivity index (χ3n) is 5.74. The second kappa shape index (κ2) is 8.60. The van der Waals surface area contributed by atoms with Gasteiger partial charge in [0.1, 0.15) is 0 Å². The van der Waals surface area contributed by atoms with Gasteiger partial charge >= 0.3 is 0 Å². The monoisotopic (exact) mass is 453 g/mol. The highest BCUT2D eigenvalue weighted by atomic mass is 35.5. The normalized spacial score (nSPS) is 20.6. The Labute approximate surface area is 186 Å². The number of hydrogen-bond acceptors (Lipinski definition) is 5. The van der Waals surface area contributed by atoms with E-state index in [1.165, 1.54) is 0 Å². The van der Waals surface area contributed by atoms with Crippen molar-refractivity contribution in [3.8, 4) is 10.6 Å². The molecule has 2 saturated heterocycles. The zero-order valence-electron chi connectivity index (χ0n) is 16.4. The number of halogens is 2. The maximum absolute atomic E-state index is 13.4. The third kappa shape index (κ3) is 3.77. The van der Waals surface area contributed by atoms with Crippen molar-refractivity contribution in [2.24, 2.45) is 11.8 Å². The van der Waals surface area contributed by atoms with Crippen LogP contribution in [0.3, 0.4) is 0 Å². The molecule has 2 aliphatic rings. The Morgan fingerprint density at radius 1 is 1.24 bits per heavy atom. The Hall–Kier alpha value is -1.67. The molecule has 6 nitrogen and oxygen atoms in total. The fourth-order valence-electron chi connectivity index (χ4n) is 4.31. The van der Waals surface area contributed by atoms with E-state index in [1.54, 1.807) is 17.5 Å². The Morgan fingerprint density at radius 2 is 1.97 bits per heavy atom. The van der Waals surface area contributed by atoms with Gasteiger partial charge in [-0.25, -0.2) is 9.67 Å². The van der Waals surface area contributed by atoms with Gasteiger partial charge in [-0.15, -0.1) is 36.2 Å². The molecule has 0 radical (unpaired) electrons. The lowest BCUT2D eigenvalue weighted by Crippen LogP contribution is -2.32. The first-order chi connectivity index (χ1) is 13.1. The highest BCUT2D eigenvalue weighted by Gasteiger charge is 2.38. The standard InChI is InChI=1S/C20H23N5OS.2ClH/c1-12(2)25-19-16(9-22-25)15(6-17(23-19)18-4-3-5-27-18)20(26)24-10-13-7-21-8-14(13)11-24;;/h3-6,9,12-14,21H,7-8,10-11H2,1-2H3;2*1H/t13-,14+;;. The predicted molar refractivity (Wildman–Crippen MR) is 121 cm³/mol. The first kappa shape index (κ1) is 22.0. The number of hydrogen-bond donors (Lipinski definition) is 1. The minimum atomic E-state index is 0. The van der Waals surface area contributed by atoms with Crippen LogP contribution in [0.5, 0.6) is 0 Å². The van der Waals surface area contributed by atoms with Crippen LogP contribution in [0.25, 0.3) is 21.6 Å². The van der Waals surface area contributed by atoms with Gasteiger partial charge in [-0.05, 0) is 43.2 Å². The van der Waals surface area contributed by atoms with E-state index in [9.17, 15) is 4.79 Å². The lowest BCUT2D eigenvalue weighted by atomic mass is 10.0. The van der Waals surface area contributed by atoms with Crippen molar-refractivity contribution < 1.29 is 4.79 Å². The predicted octanol–water partition coefficient (Wildman–Crippen LogP) is 3.88. The highest BCUT2D eigenvalue weighted by molar-refractivity contribution is 7.13. The number of amides is 1. The number of carbonyl (C=O) groups is 1. The SMILES string of the molecule is CC(C)n1ncc2c(C(=O)N3C[C@H]4CNC[C@H]4C3)cc(-c3cccs3)nc21.Cl.Cl. The smallest absolute Gasteiger partial charge is 0.254 e. The van der Waals surface area contributed by atoms with Gasteiger partial charge < -0.3 is 10.2 Å². The van der Waals surface area contributed by atoms with Crippen molar-refractivity contribution in [1.82, 2.24) is 25.0 Å². The summed E-state index contributed by atoms with van der Waals surface area (Å²) in [6.45, 7) is 7.89. The summed E-state index contributed by atoms with van der Waals surface area (Å²) in [6, 6.07) is 6.21. The largest absolute Gasteiger partial charge is 0.338 e. The molecule has 3 aromatic rings. The van der Waals surface area contributed by atoms with Gasteiger partial charge in [-0.1, -0.05) is 6.07 Å². The number of nitrogens with zero attached hydrogens (tertiary/aromatic N) is 4. The molecule has 1 amide bonds. The van der Waals surface area contributed by atoms with E-state index >= 15 is 0 Å². The lowest BCUT2D eigenvalue weighted by Gasteiger charge is -2.18. The number of pyridine rings is 1. The summed E-state index contributed by atoms with van der Waals surface area (Å²) in [7, 11) is 0. The van der Waals surface area contributed by atoms with Crippen molar-refractivity contribution in [3.63, 3.8) is 0 Å². The van der Waals surface area contributed by atoms with Crippen LogP contribution in [-0.4, -0.2) is 51.8 Å². The summed E-state index contributed by atoms with van der Waals surface area (Å²) in [5.41, 5.74) is 2.37. The minimum Gasteiger partial charge on any atom is -0.338 e. The van der Waals surface area contributed by atoms with Crippen LogP contribution >= 0.6 is 36.2 Å². The van der Waals surface area contributed by atoms with Gasteiger partial charge in [0.2, 0.25) is 0 Å². The summed E-state index contributed by atoms with van der Waals surface area (Å²) in [5.74, 6) is 1.28. The number of rotatable bonds is 3. The van der Waals surface area contributed by atoms with Gasteiger partial charge in [0.25, 0.3) is 5.91 Å². The third-order valence-corrected chi connectivity index (χ3v) is 6.63. The maximum atomic E-state index is 13.4. The van der Waals surface area contributed by atoms with E-state index in [-0.39, 0.29) is 36.8 Å². The summed E-state index contributed by atoms with van der Waals surface area (Å²) in [6.07, 6.45) is 1.80. The molecule has 2 fully saturated rings. The minimum absolute atomic E-state index is 0. The molecule has 2 atom stereocenters. The Kier molecular flexibility index (Phi) is 6.53. The fourth-order valence-corrected chi connectivity index (χ4v) is 5.00. The number of carbonyl (C=O) groups excluding carboxylic acids is 1. The molecular formula is C20H25Cl2N5OS. The number of nitrogens with one attached hydrogen (secondary N) is 1. The van der Waals surface area contributed by atoms with Crippen LogP contribution < -0.4 is 5.32 Å². The molecule has 1 N–H and O–H groups in total. The van der Waals surface area contributed by atoms with Gasteiger partial charge in [0.15, 0.2) is 5.65 Å². The van der Waals surface area contributed by atoms with Crippen molar-refractivity contribution in [1.29, 1.82) is 0 Å². The second-order valence-electron chi connectivity index (χ2n) is 7.84. The van der Waals surface area contributed by atoms with E-state index in [0.29, 0.717) is 11.8 Å².